The topological polar surface area (TPSA) is 33.2 Å². The van der Waals surface area contributed by atoms with E-state index in [2.05, 4.69) is 77.8 Å². The Hall–Kier alpha value is -2.81. The molecule has 1 fully saturated rings. The molecule has 0 spiro atoms. The number of anilines is 1. The Labute approximate surface area is 181 Å². The van der Waals surface area contributed by atoms with Crippen LogP contribution in [0.4, 0.5) is 5.13 Å². The van der Waals surface area contributed by atoms with Crippen LogP contribution in [0.1, 0.15) is 6.42 Å². The number of rotatable bonds is 5. The lowest BCUT2D eigenvalue weighted by molar-refractivity contribution is -0.116. The van der Waals surface area contributed by atoms with E-state index in [0.717, 1.165) is 11.6 Å². The van der Waals surface area contributed by atoms with Gasteiger partial charge in [0.1, 0.15) is 23.2 Å². The van der Waals surface area contributed by atoms with E-state index in [9.17, 15) is 4.79 Å². The molecule has 148 valence electrons. The highest BCUT2D eigenvalue weighted by Crippen LogP contribution is 2.62. The Kier molecular flexibility index (Phi) is 5.20. The predicted octanol–water partition coefficient (Wildman–Crippen LogP) is 4.24. The molecule has 1 unspecified atom stereocenters. The summed E-state index contributed by atoms with van der Waals surface area (Å²) in [5.74, 6) is 0.190. The summed E-state index contributed by atoms with van der Waals surface area (Å²) in [5, 5.41) is 6.49. The van der Waals surface area contributed by atoms with Gasteiger partial charge in [0.05, 0.1) is 0 Å². The van der Waals surface area contributed by atoms with E-state index in [1.807, 2.05) is 28.5 Å². The minimum Gasteiger partial charge on any atom is -0.284 e. The Morgan fingerprint density at radius 1 is 0.800 bits per heavy atom. The first-order chi connectivity index (χ1) is 14.8. The van der Waals surface area contributed by atoms with E-state index in [1.165, 1.54) is 27.3 Å². The molecule has 30 heavy (non-hydrogen) atoms. The Morgan fingerprint density at radius 3 is 1.73 bits per heavy atom. The molecule has 4 aromatic rings. The van der Waals surface area contributed by atoms with Crippen LogP contribution in [0.25, 0.3) is 0 Å². The summed E-state index contributed by atoms with van der Waals surface area (Å²) in [4.78, 5) is 20.2. The van der Waals surface area contributed by atoms with Crippen LogP contribution in [0.5, 0.6) is 0 Å². The molecular weight excluding hydrogens is 407 g/mol. The summed E-state index contributed by atoms with van der Waals surface area (Å²) in [5.41, 5.74) is -0.103. The van der Waals surface area contributed by atoms with Gasteiger partial charge in [-0.15, -0.1) is 11.3 Å². The molecule has 0 aliphatic carbocycles. The lowest BCUT2D eigenvalue weighted by Gasteiger charge is -2.31. The van der Waals surface area contributed by atoms with Crippen molar-refractivity contribution < 1.29 is 4.79 Å². The molecule has 3 aromatic carbocycles. The molecule has 1 aliphatic heterocycles. The van der Waals surface area contributed by atoms with E-state index < -0.39 is 7.26 Å². The van der Waals surface area contributed by atoms with Crippen LogP contribution in [0.2, 0.25) is 0 Å². The number of nitrogens with zero attached hydrogens (tertiary/aromatic N) is 2. The fourth-order valence-corrected chi connectivity index (χ4v) is 10.1. The van der Waals surface area contributed by atoms with Crippen LogP contribution in [-0.2, 0) is 4.79 Å². The van der Waals surface area contributed by atoms with Crippen molar-refractivity contribution in [2.45, 2.75) is 12.1 Å². The maximum Gasteiger partial charge on any atom is 0.270 e. The third kappa shape index (κ3) is 3.08. The molecule has 5 rings (SSSR count). The van der Waals surface area contributed by atoms with Crippen molar-refractivity contribution in [3.8, 4) is 0 Å². The summed E-state index contributed by atoms with van der Waals surface area (Å²) >= 11 is 1.53. The lowest BCUT2D eigenvalue weighted by Crippen LogP contribution is -2.42. The van der Waals surface area contributed by atoms with Gasteiger partial charge in [-0.2, -0.15) is 0 Å². The number of hydrogen-bond donors (Lipinski definition) is 0. The third-order valence-electron chi connectivity index (χ3n) is 5.79. The summed E-state index contributed by atoms with van der Waals surface area (Å²) in [6.07, 6.45) is 2.60. The second kappa shape index (κ2) is 8.14. The van der Waals surface area contributed by atoms with E-state index in [0.29, 0.717) is 6.54 Å². The third-order valence-corrected chi connectivity index (χ3v) is 11.3. The molecule has 1 aliphatic rings. The van der Waals surface area contributed by atoms with Gasteiger partial charge in [-0.25, -0.2) is 4.98 Å². The molecule has 0 N–H and O–H groups in total. The summed E-state index contributed by atoms with van der Waals surface area (Å²) in [6.45, 7) is 0.714. The molecule has 1 atom stereocenters. The lowest BCUT2D eigenvalue weighted by atomic mass is 10.3. The number of thiazole rings is 1. The first-order valence-electron chi connectivity index (χ1n) is 10.1. The number of carbonyl (C=O) groups is 1. The Balaban J connectivity index is 1.76. The maximum absolute atomic E-state index is 13.9. The molecule has 3 nitrogen and oxygen atoms in total. The number of hydrogen-bond acceptors (Lipinski definition) is 3. The van der Waals surface area contributed by atoms with E-state index in [4.69, 9.17) is 0 Å². The van der Waals surface area contributed by atoms with Crippen LogP contribution in [-0.4, -0.2) is 23.1 Å². The van der Waals surface area contributed by atoms with Crippen molar-refractivity contribution in [3.63, 3.8) is 0 Å². The summed E-state index contributed by atoms with van der Waals surface area (Å²) < 4.78 is 0. The molecule has 0 bridgehead atoms. The Bertz CT molecular complexity index is 1020. The first-order valence-corrected chi connectivity index (χ1v) is 12.8. The fourth-order valence-electron chi connectivity index (χ4n) is 4.54. The molecular formula is C25H22N2OPS+. The second-order valence-corrected chi connectivity index (χ2v) is 11.8. The van der Waals surface area contributed by atoms with Gasteiger partial charge in [0.25, 0.3) is 5.91 Å². The van der Waals surface area contributed by atoms with Crippen LogP contribution >= 0.6 is 18.6 Å². The van der Waals surface area contributed by atoms with Gasteiger partial charge in [0.2, 0.25) is 0 Å². The van der Waals surface area contributed by atoms with Crippen molar-refractivity contribution >= 4 is 45.6 Å². The van der Waals surface area contributed by atoms with Crippen LogP contribution < -0.4 is 20.8 Å². The van der Waals surface area contributed by atoms with Crippen molar-refractivity contribution in [1.82, 2.24) is 4.98 Å². The van der Waals surface area contributed by atoms with Gasteiger partial charge in [0, 0.05) is 24.5 Å². The molecule has 0 radical (unpaired) electrons. The van der Waals surface area contributed by atoms with E-state index in [-0.39, 0.29) is 11.6 Å². The molecule has 2 heterocycles. The number of aromatic nitrogens is 1. The van der Waals surface area contributed by atoms with Gasteiger partial charge in [0.15, 0.2) is 10.8 Å². The zero-order chi connectivity index (χ0) is 20.4. The molecule has 1 saturated heterocycles. The van der Waals surface area contributed by atoms with Crippen LogP contribution in [0, 0.1) is 0 Å². The van der Waals surface area contributed by atoms with Crippen molar-refractivity contribution in [3.05, 3.63) is 103 Å². The van der Waals surface area contributed by atoms with Crippen molar-refractivity contribution in [2.24, 2.45) is 0 Å². The summed E-state index contributed by atoms with van der Waals surface area (Å²) in [7, 11) is -2.21. The molecule has 0 saturated carbocycles. The number of amides is 1. The average molecular weight is 430 g/mol. The number of carbonyl (C=O) groups excluding carboxylic acids is 1. The Morgan fingerprint density at radius 2 is 1.30 bits per heavy atom. The SMILES string of the molecule is O=C1C([P+](c2ccccc2)(c2ccccc2)c2ccccc2)CCN1c1nccs1. The predicted molar refractivity (Wildman–Crippen MR) is 128 cm³/mol. The first kappa shape index (κ1) is 19.2. The molecule has 1 aromatic heterocycles. The fraction of sp³-hybridized carbons (Fsp3) is 0.120. The zero-order valence-corrected chi connectivity index (χ0v) is 18.2. The number of benzene rings is 3. The average Bonchev–Trinajstić information content (AvgIpc) is 3.47. The second-order valence-electron chi connectivity index (χ2n) is 7.34. The minimum absolute atomic E-state index is 0.103. The van der Waals surface area contributed by atoms with Gasteiger partial charge in [-0.05, 0) is 36.4 Å². The van der Waals surface area contributed by atoms with E-state index in [1.54, 1.807) is 6.20 Å². The van der Waals surface area contributed by atoms with Gasteiger partial charge in [-0.3, -0.25) is 9.69 Å². The van der Waals surface area contributed by atoms with Crippen LogP contribution in [0.3, 0.4) is 0 Å². The van der Waals surface area contributed by atoms with Gasteiger partial charge in [-0.1, -0.05) is 54.6 Å². The van der Waals surface area contributed by atoms with Gasteiger partial charge >= 0.3 is 0 Å². The molecule has 5 heteroatoms. The highest BCUT2D eigenvalue weighted by molar-refractivity contribution is 7.97. The van der Waals surface area contributed by atoms with Crippen LogP contribution in [0.15, 0.2) is 103 Å². The van der Waals surface area contributed by atoms with Gasteiger partial charge < -0.3 is 0 Å². The maximum atomic E-state index is 13.9. The highest BCUT2D eigenvalue weighted by Gasteiger charge is 2.59. The normalized spacial score (nSPS) is 16.7. The standard InChI is InChI=1S/C25H22N2OPS/c28-24-23(16-18-27(24)25-26-17-19-30-25)29(20-10-4-1-5-11-20,21-12-6-2-7-13-21)22-14-8-3-9-15-22/h1-15,17,19,23H,16,18H2/q+1. The van der Waals surface area contributed by atoms with Crippen molar-refractivity contribution in [1.29, 1.82) is 0 Å². The quantitative estimate of drug-likeness (QED) is 0.445. The largest absolute Gasteiger partial charge is 0.284 e. The minimum atomic E-state index is -2.21. The highest BCUT2D eigenvalue weighted by atomic mass is 32.1. The van der Waals surface area contributed by atoms with E-state index >= 15 is 0 Å². The summed E-state index contributed by atoms with van der Waals surface area (Å²) in [6, 6.07) is 31.9. The zero-order valence-electron chi connectivity index (χ0n) is 16.5. The molecule has 1 amide bonds. The van der Waals surface area contributed by atoms with Crippen molar-refractivity contribution in [2.75, 3.05) is 11.4 Å². The smallest absolute Gasteiger partial charge is 0.270 e. The monoisotopic (exact) mass is 429 g/mol.